The van der Waals surface area contributed by atoms with E-state index in [2.05, 4.69) is 38.1 Å². The van der Waals surface area contributed by atoms with Crippen molar-refractivity contribution < 1.29 is 0 Å². The molecule has 1 aliphatic rings. The molecule has 0 spiro atoms. The molecule has 78 valence electrons. The van der Waals surface area contributed by atoms with E-state index in [1.54, 1.807) is 11.1 Å². The molecule has 0 aliphatic heterocycles. The summed E-state index contributed by atoms with van der Waals surface area (Å²) in [6.07, 6.45) is 4.05. The summed E-state index contributed by atoms with van der Waals surface area (Å²) in [5.41, 5.74) is 3.20. The Kier molecular flexibility index (Phi) is 4.06. The van der Waals surface area contributed by atoms with Gasteiger partial charge in [0.1, 0.15) is 0 Å². The van der Waals surface area contributed by atoms with Crippen LogP contribution in [-0.2, 0) is 6.42 Å². The molecule has 1 unspecified atom stereocenters. The Bertz CT molecular complexity index is 291. The first-order valence-corrected chi connectivity index (χ1v) is 5.37. The van der Waals surface area contributed by atoms with E-state index in [-0.39, 0.29) is 13.5 Å². The molecule has 1 aromatic carbocycles. The quantitative estimate of drug-likeness (QED) is 0.657. The van der Waals surface area contributed by atoms with Crippen LogP contribution in [0.3, 0.4) is 0 Å². The van der Waals surface area contributed by atoms with Crippen molar-refractivity contribution in [3.8, 4) is 0 Å². The third kappa shape index (κ3) is 2.14. The van der Waals surface area contributed by atoms with E-state index < -0.39 is 0 Å². The Hall–Kier alpha value is -0.430. The summed E-state index contributed by atoms with van der Waals surface area (Å²) in [5, 5.41) is 0. The van der Waals surface area contributed by atoms with E-state index in [0.717, 1.165) is 11.8 Å². The lowest BCUT2D eigenvalue weighted by Crippen LogP contribution is -2.14. The second-order valence-corrected chi connectivity index (χ2v) is 4.44. The Morgan fingerprint density at radius 2 is 1.93 bits per heavy atom. The predicted octanol–water partition coefficient (Wildman–Crippen LogP) is 3.88. The highest BCUT2D eigenvalue weighted by atomic mass is 32.1. The lowest BCUT2D eigenvalue weighted by Gasteiger charge is -2.28. The largest absolute Gasteiger partial charge is 0.197 e. The van der Waals surface area contributed by atoms with Crippen molar-refractivity contribution in [2.45, 2.75) is 39.0 Å². The summed E-state index contributed by atoms with van der Waals surface area (Å²) in [4.78, 5) is 0. The minimum atomic E-state index is 0. The standard InChI is InChI=1S/C13H18.H2S/c1-10(2)12-9-5-7-11-6-3-4-8-13(11)12;/h3-4,6,8,10,12H,5,7,9H2,1-2H3;1H2. The van der Waals surface area contributed by atoms with Crippen molar-refractivity contribution in [1.82, 2.24) is 0 Å². The van der Waals surface area contributed by atoms with Gasteiger partial charge in [0.05, 0.1) is 0 Å². The monoisotopic (exact) mass is 208 g/mol. The van der Waals surface area contributed by atoms with Crippen LogP contribution in [0.4, 0.5) is 0 Å². The summed E-state index contributed by atoms with van der Waals surface area (Å²) >= 11 is 0. The van der Waals surface area contributed by atoms with Gasteiger partial charge in [0.15, 0.2) is 0 Å². The molecule has 0 radical (unpaired) electrons. The zero-order valence-electron chi connectivity index (χ0n) is 9.09. The molecule has 14 heavy (non-hydrogen) atoms. The van der Waals surface area contributed by atoms with Crippen LogP contribution >= 0.6 is 13.5 Å². The number of fused-ring (bicyclic) bond motifs is 1. The molecule has 0 amide bonds. The van der Waals surface area contributed by atoms with Gasteiger partial charge in [-0.25, -0.2) is 0 Å². The molecule has 0 heterocycles. The highest BCUT2D eigenvalue weighted by Gasteiger charge is 2.21. The molecule has 1 aliphatic carbocycles. The predicted molar refractivity (Wildman–Crippen MR) is 67.3 cm³/mol. The SMILES string of the molecule is CC(C)C1CCCc2ccccc21.S. The topological polar surface area (TPSA) is 0 Å². The molecule has 0 N–H and O–H groups in total. The van der Waals surface area contributed by atoms with Gasteiger partial charge in [-0.15, -0.1) is 0 Å². The number of aryl methyl sites for hydroxylation is 1. The minimum Gasteiger partial charge on any atom is -0.197 e. The van der Waals surface area contributed by atoms with E-state index in [9.17, 15) is 0 Å². The number of rotatable bonds is 1. The first kappa shape index (κ1) is 11.6. The molecule has 0 saturated heterocycles. The van der Waals surface area contributed by atoms with E-state index in [0.29, 0.717) is 0 Å². The molecular weight excluding hydrogens is 188 g/mol. The van der Waals surface area contributed by atoms with Crippen molar-refractivity contribution in [2.75, 3.05) is 0 Å². The normalized spacial score (nSPS) is 20.1. The smallest absolute Gasteiger partial charge is 0.0136 e. The molecule has 1 atom stereocenters. The fourth-order valence-corrected chi connectivity index (χ4v) is 2.48. The zero-order valence-corrected chi connectivity index (χ0v) is 10.1. The van der Waals surface area contributed by atoms with Gasteiger partial charge in [-0.2, -0.15) is 13.5 Å². The van der Waals surface area contributed by atoms with Crippen LogP contribution in [0.25, 0.3) is 0 Å². The molecule has 1 heteroatoms. The molecule has 0 aromatic heterocycles. The van der Waals surface area contributed by atoms with Crippen LogP contribution in [0, 0.1) is 5.92 Å². The Morgan fingerprint density at radius 1 is 1.21 bits per heavy atom. The molecule has 1 aromatic rings. The highest BCUT2D eigenvalue weighted by molar-refractivity contribution is 7.59. The Morgan fingerprint density at radius 3 is 2.64 bits per heavy atom. The van der Waals surface area contributed by atoms with E-state index in [1.165, 1.54) is 19.3 Å². The van der Waals surface area contributed by atoms with Crippen molar-refractivity contribution in [3.05, 3.63) is 35.4 Å². The maximum atomic E-state index is 2.34. The third-order valence-corrected chi connectivity index (χ3v) is 3.22. The number of benzene rings is 1. The van der Waals surface area contributed by atoms with Crippen molar-refractivity contribution in [1.29, 1.82) is 0 Å². The van der Waals surface area contributed by atoms with Crippen LogP contribution in [0.2, 0.25) is 0 Å². The molecule has 0 bridgehead atoms. The molecule has 2 rings (SSSR count). The second-order valence-electron chi connectivity index (χ2n) is 4.44. The maximum Gasteiger partial charge on any atom is -0.0136 e. The molecule has 0 nitrogen and oxygen atoms in total. The summed E-state index contributed by atoms with van der Waals surface area (Å²) in [5.74, 6) is 1.60. The van der Waals surface area contributed by atoms with Gasteiger partial charge in [-0.1, -0.05) is 38.1 Å². The van der Waals surface area contributed by atoms with Gasteiger partial charge in [0, 0.05) is 0 Å². The summed E-state index contributed by atoms with van der Waals surface area (Å²) < 4.78 is 0. The summed E-state index contributed by atoms with van der Waals surface area (Å²) in [6, 6.07) is 8.96. The van der Waals surface area contributed by atoms with Crippen LogP contribution in [0.5, 0.6) is 0 Å². The summed E-state index contributed by atoms with van der Waals surface area (Å²) in [6.45, 7) is 4.68. The average molecular weight is 208 g/mol. The minimum absolute atomic E-state index is 0. The van der Waals surface area contributed by atoms with Crippen molar-refractivity contribution in [2.24, 2.45) is 5.92 Å². The van der Waals surface area contributed by atoms with Gasteiger partial charge < -0.3 is 0 Å². The van der Waals surface area contributed by atoms with Crippen LogP contribution in [0.1, 0.15) is 43.7 Å². The maximum absolute atomic E-state index is 2.34. The van der Waals surface area contributed by atoms with Gasteiger partial charge in [-0.3, -0.25) is 0 Å². The number of hydrogen-bond donors (Lipinski definition) is 0. The van der Waals surface area contributed by atoms with Crippen molar-refractivity contribution in [3.63, 3.8) is 0 Å². The Balaban J connectivity index is 0.000000980. The third-order valence-electron chi connectivity index (χ3n) is 3.22. The zero-order chi connectivity index (χ0) is 9.26. The fourth-order valence-electron chi connectivity index (χ4n) is 2.48. The highest BCUT2D eigenvalue weighted by Crippen LogP contribution is 2.36. The van der Waals surface area contributed by atoms with E-state index >= 15 is 0 Å². The Labute approximate surface area is 94.2 Å². The van der Waals surface area contributed by atoms with Gasteiger partial charge in [0.2, 0.25) is 0 Å². The van der Waals surface area contributed by atoms with Gasteiger partial charge >= 0.3 is 0 Å². The van der Waals surface area contributed by atoms with Crippen LogP contribution in [-0.4, -0.2) is 0 Å². The molecular formula is C13H20S. The van der Waals surface area contributed by atoms with Gasteiger partial charge in [-0.05, 0) is 42.2 Å². The average Bonchev–Trinajstić information content (AvgIpc) is 2.17. The second kappa shape index (κ2) is 4.88. The lowest BCUT2D eigenvalue weighted by molar-refractivity contribution is 0.433. The molecule has 0 saturated carbocycles. The van der Waals surface area contributed by atoms with E-state index in [1.807, 2.05) is 0 Å². The lowest BCUT2D eigenvalue weighted by atomic mass is 9.77. The first-order valence-electron chi connectivity index (χ1n) is 5.37. The fraction of sp³-hybridized carbons (Fsp3) is 0.538. The number of hydrogen-bond acceptors (Lipinski definition) is 0. The van der Waals surface area contributed by atoms with Gasteiger partial charge in [0.25, 0.3) is 0 Å². The van der Waals surface area contributed by atoms with Crippen LogP contribution < -0.4 is 0 Å². The summed E-state index contributed by atoms with van der Waals surface area (Å²) in [7, 11) is 0. The van der Waals surface area contributed by atoms with E-state index in [4.69, 9.17) is 0 Å². The van der Waals surface area contributed by atoms with Crippen LogP contribution in [0.15, 0.2) is 24.3 Å². The van der Waals surface area contributed by atoms with Crippen molar-refractivity contribution >= 4 is 13.5 Å². The first-order chi connectivity index (χ1) is 6.29. The molecule has 0 fully saturated rings.